The third-order valence-corrected chi connectivity index (χ3v) is 2.63. The second kappa shape index (κ2) is 8.27. The van der Waals surface area contributed by atoms with Crippen molar-refractivity contribution in [2.45, 2.75) is 13.3 Å². The number of amides is 2. The van der Waals surface area contributed by atoms with Crippen LogP contribution in [0, 0.1) is 0 Å². The number of methoxy groups -OCH3 is 1. The second-order valence-corrected chi connectivity index (χ2v) is 4.20. The molecule has 0 aliphatic carbocycles. The third kappa shape index (κ3) is 5.36. The van der Waals surface area contributed by atoms with Crippen molar-refractivity contribution >= 4 is 29.3 Å². The average molecular weight is 301 g/mol. The zero-order chi connectivity index (χ0) is 15.0. The molecule has 0 spiro atoms. The van der Waals surface area contributed by atoms with Gasteiger partial charge >= 0.3 is 6.09 Å². The van der Waals surface area contributed by atoms with Gasteiger partial charge in [-0.15, -0.1) is 0 Å². The van der Waals surface area contributed by atoms with Gasteiger partial charge < -0.3 is 20.1 Å². The number of hydrogen-bond donors (Lipinski definition) is 2. The summed E-state index contributed by atoms with van der Waals surface area (Å²) in [6.07, 6.45) is -0.393. The van der Waals surface area contributed by atoms with Gasteiger partial charge in [-0.25, -0.2) is 4.79 Å². The molecule has 2 amide bonds. The molecule has 6 nitrogen and oxygen atoms in total. The first-order chi connectivity index (χ1) is 9.56. The Balaban J connectivity index is 2.39. The third-order valence-electron chi connectivity index (χ3n) is 2.33. The summed E-state index contributed by atoms with van der Waals surface area (Å²) in [5.41, 5.74) is 0.567. The van der Waals surface area contributed by atoms with Crippen LogP contribution < -0.4 is 15.4 Å². The number of anilines is 1. The van der Waals surface area contributed by atoms with E-state index >= 15 is 0 Å². The van der Waals surface area contributed by atoms with E-state index in [0.717, 1.165) is 0 Å². The van der Waals surface area contributed by atoms with Gasteiger partial charge in [0.15, 0.2) is 0 Å². The van der Waals surface area contributed by atoms with Gasteiger partial charge in [-0.05, 0) is 25.1 Å². The van der Waals surface area contributed by atoms with E-state index in [0.29, 0.717) is 23.1 Å². The SMILES string of the molecule is CCOC(=O)NCCC(=O)Nc1ccc(OC)c(Cl)c1. The van der Waals surface area contributed by atoms with Crippen LogP contribution in [-0.2, 0) is 9.53 Å². The molecular formula is C13H17ClN2O4. The Hall–Kier alpha value is -1.95. The molecule has 110 valence electrons. The average Bonchev–Trinajstić information content (AvgIpc) is 2.39. The van der Waals surface area contributed by atoms with Gasteiger partial charge in [-0.3, -0.25) is 4.79 Å². The maximum Gasteiger partial charge on any atom is 0.407 e. The van der Waals surface area contributed by atoms with Crippen molar-refractivity contribution in [3.63, 3.8) is 0 Å². The van der Waals surface area contributed by atoms with Crippen molar-refractivity contribution in [1.29, 1.82) is 0 Å². The fourth-order valence-electron chi connectivity index (χ4n) is 1.43. The molecular weight excluding hydrogens is 284 g/mol. The number of nitrogens with one attached hydrogen (secondary N) is 2. The van der Waals surface area contributed by atoms with Crippen molar-refractivity contribution in [3.8, 4) is 5.75 Å². The molecule has 0 bridgehead atoms. The fraction of sp³-hybridized carbons (Fsp3) is 0.385. The number of alkyl carbamates (subject to hydrolysis) is 1. The van der Waals surface area contributed by atoms with Crippen LogP contribution >= 0.6 is 11.6 Å². The summed E-state index contributed by atoms with van der Waals surface area (Å²) in [4.78, 5) is 22.6. The highest BCUT2D eigenvalue weighted by Crippen LogP contribution is 2.27. The number of rotatable bonds is 6. The molecule has 0 aromatic heterocycles. The van der Waals surface area contributed by atoms with E-state index < -0.39 is 6.09 Å². The zero-order valence-electron chi connectivity index (χ0n) is 11.4. The van der Waals surface area contributed by atoms with Crippen molar-refractivity contribution in [1.82, 2.24) is 5.32 Å². The maximum absolute atomic E-state index is 11.6. The van der Waals surface area contributed by atoms with E-state index in [-0.39, 0.29) is 18.9 Å². The van der Waals surface area contributed by atoms with Crippen molar-refractivity contribution in [2.75, 3.05) is 25.6 Å². The summed E-state index contributed by atoms with van der Waals surface area (Å²) in [5.74, 6) is 0.302. The van der Waals surface area contributed by atoms with Gasteiger partial charge in [-0.1, -0.05) is 11.6 Å². The molecule has 0 saturated carbocycles. The Kier molecular flexibility index (Phi) is 6.66. The molecule has 1 aromatic rings. The molecule has 0 aliphatic heterocycles. The maximum atomic E-state index is 11.6. The molecule has 0 heterocycles. The number of halogens is 1. The Bertz CT molecular complexity index is 479. The molecule has 0 aliphatic rings. The Morgan fingerprint density at radius 3 is 2.70 bits per heavy atom. The lowest BCUT2D eigenvalue weighted by molar-refractivity contribution is -0.116. The standard InChI is InChI=1S/C13H17ClN2O4/c1-3-20-13(18)15-7-6-12(17)16-9-4-5-11(19-2)10(14)8-9/h4-5,8H,3,6-7H2,1-2H3,(H,15,18)(H,16,17). The fourth-order valence-corrected chi connectivity index (χ4v) is 1.69. The van der Waals surface area contributed by atoms with E-state index in [9.17, 15) is 9.59 Å². The van der Waals surface area contributed by atoms with Crippen LogP contribution in [0.15, 0.2) is 18.2 Å². The molecule has 0 fully saturated rings. The number of carbonyl (C=O) groups excluding carboxylic acids is 2. The number of benzene rings is 1. The first kappa shape index (κ1) is 16.1. The van der Waals surface area contributed by atoms with Crippen LogP contribution in [0.4, 0.5) is 10.5 Å². The predicted molar refractivity (Wildman–Crippen MR) is 76.3 cm³/mol. The predicted octanol–water partition coefficient (Wildman–Crippen LogP) is 2.42. The lowest BCUT2D eigenvalue weighted by atomic mass is 10.3. The lowest BCUT2D eigenvalue weighted by Crippen LogP contribution is -2.28. The molecule has 2 N–H and O–H groups in total. The highest BCUT2D eigenvalue weighted by Gasteiger charge is 2.07. The van der Waals surface area contributed by atoms with E-state index in [4.69, 9.17) is 16.3 Å². The van der Waals surface area contributed by atoms with Crippen molar-refractivity contribution in [3.05, 3.63) is 23.2 Å². The Labute approximate surface area is 122 Å². The summed E-state index contributed by atoms with van der Waals surface area (Å²) >= 11 is 5.94. The highest BCUT2D eigenvalue weighted by molar-refractivity contribution is 6.32. The topological polar surface area (TPSA) is 76.7 Å². The van der Waals surface area contributed by atoms with Gasteiger partial charge in [0, 0.05) is 18.7 Å². The number of carbonyl (C=O) groups is 2. The van der Waals surface area contributed by atoms with E-state index in [2.05, 4.69) is 15.4 Å². The summed E-state index contributed by atoms with van der Waals surface area (Å²) in [6, 6.07) is 4.94. The van der Waals surface area contributed by atoms with Gasteiger partial charge in [0.1, 0.15) is 5.75 Å². The summed E-state index contributed by atoms with van der Waals surface area (Å²) in [5, 5.41) is 5.54. The Morgan fingerprint density at radius 2 is 2.10 bits per heavy atom. The van der Waals surface area contributed by atoms with Crippen LogP contribution in [0.5, 0.6) is 5.75 Å². The summed E-state index contributed by atoms with van der Waals surface area (Å²) in [6.45, 7) is 2.20. The number of ether oxygens (including phenoxy) is 2. The molecule has 7 heteroatoms. The van der Waals surface area contributed by atoms with Gasteiger partial charge in [-0.2, -0.15) is 0 Å². The first-order valence-electron chi connectivity index (χ1n) is 6.10. The van der Waals surface area contributed by atoms with Crippen LogP contribution in [0.25, 0.3) is 0 Å². The van der Waals surface area contributed by atoms with Crippen LogP contribution in [-0.4, -0.2) is 32.3 Å². The molecule has 1 rings (SSSR count). The monoisotopic (exact) mass is 300 g/mol. The molecule has 20 heavy (non-hydrogen) atoms. The normalized spacial score (nSPS) is 9.75. The quantitative estimate of drug-likeness (QED) is 0.846. The summed E-state index contributed by atoms with van der Waals surface area (Å²) in [7, 11) is 1.51. The van der Waals surface area contributed by atoms with Crippen molar-refractivity contribution < 1.29 is 19.1 Å². The van der Waals surface area contributed by atoms with Crippen LogP contribution in [0.2, 0.25) is 5.02 Å². The smallest absolute Gasteiger partial charge is 0.407 e. The van der Waals surface area contributed by atoms with E-state index in [1.165, 1.54) is 7.11 Å². The molecule has 0 radical (unpaired) electrons. The number of hydrogen-bond acceptors (Lipinski definition) is 4. The van der Waals surface area contributed by atoms with Crippen LogP contribution in [0.1, 0.15) is 13.3 Å². The summed E-state index contributed by atoms with van der Waals surface area (Å²) < 4.78 is 9.68. The minimum atomic E-state index is -0.534. The molecule has 0 atom stereocenters. The van der Waals surface area contributed by atoms with Gasteiger partial charge in [0.2, 0.25) is 5.91 Å². The van der Waals surface area contributed by atoms with Crippen molar-refractivity contribution in [2.24, 2.45) is 0 Å². The highest BCUT2D eigenvalue weighted by atomic mass is 35.5. The minimum Gasteiger partial charge on any atom is -0.495 e. The molecule has 0 unspecified atom stereocenters. The van der Waals surface area contributed by atoms with E-state index in [1.54, 1.807) is 25.1 Å². The minimum absolute atomic E-state index is 0.141. The van der Waals surface area contributed by atoms with Gasteiger partial charge in [0.05, 0.1) is 18.7 Å². The second-order valence-electron chi connectivity index (χ2n) is 3.79. The molecule has 0 saturated heterocycles. The zero-order valence-corrected chi connectivity index (χ0v) is 12.1. The largest absolute Gasteiger partial charge is 0.495 e. The molecule has 1 aromatic carbocycles. The van der Waals surface area contributed by atoms with Gasteiger partial charge in [0.25, 0.3) is 0 Å². The van der Waals surface area contributed by atoms with Crippen LogP contribution in [0.3, 0.4) is 0 Å². The van der Waals surface area contributed by atoms with E-state index in [1.807, 2.05) is 0 Å². The lowest BCUT2D eigenvalue weighted by Gasteiger charge is -2.08. The first-order valence-corrected chi connectivity index (χ1v) is 6.48. The Morgan fingerprint density at radius 1 is 1.35 bits per heavy atom.